The van der Waals surface area contributed by atoms with Gasteiger partial charge in [-0.3, -0.25) is 5.10 Å². The van der Waals surface area contributed by atoms with Gasteiger partial charge in [0.1, 0.15) is 5.82 Å². The van der Waals surface area contributed by atoms with E-state index < -0.39 is 6.10 Å². The summed E-state index contributed by atoms with van der Waals surface area (Å²) in [6, 6.07) is 1.55. The number of nitrogen functional groups attached to an aromatic ring is 1. The van der Waals surface area contributed by atoms with Gasteiger partial charge in [-0.25, -0.2) is 9.97 Å². The van der Waals surface area contributed by atoms with E-state index in [1.165, 1.54) is 0 Å². The van der Waals surface area contributed by atoms with Crippen LogP contribution in [-0.2, 0) is 4.74 Å². The fraction of sp³-hybridized carbons (Fsp3) is 0.364. The molecule has 0 aromatic carbocycles. The lowest BCUT2D eigenvalue weighted by Gasteiger charge is -2.14. The van der Waals surface area contributed by atoms with Gasteiger partial charge in [0.15, 0.2) is 0 Å². The minimum absolute atomic E-state index is 0.197. The predicted molar refractivity (Wildman–Crippen MR) is 68.3 cm³/mol. The average Bonchev–Trinajstić information content (AvgIpc) is 3.00. The molecule has 100 valence electrons. The summed E-state index contributed by atoms with van der Waals surface area (Å²) in [4.78, 5) is 8.46. The highest BCUT2D eigenvalue weighted by molar-refractivity contribution is 5.70. The number of nitrogens with two attached hydrogens (primary N) is 1. The first-order chi connectivity index (χ1) is 9.24. The van der Waals surface area contributed by atoms with Gasteiger partial charge in [-0.2, -0.15) is 5.10 Å². The molecular formula is C11H14N6O2. The molecule has 2 unspecified atom stereocenters. The van der Waals surface area contributed by atoms with Crippen molar-refractivity contribution in [3.63, 3.8) is 0 Å². The quantitative estimate of drug-likeness (QED) is 0.594. The number of nitrogens with one attached hydrogen (secondary N) is 2. The predicted octanol–water partition coefficient (Wildman–Crippen LogP) is -0.380. The summed E-state index contributed by atoms with van der Waals surface area (Å²) >= 11 is 0. The number of aliphatic hydroxyl groups excluding tert-OH is 1. The molecule has 2 aromatic rings. The van der Waals surface area contributed by atoms with Crippen LogP contribution in [0.1, 0.15) is 0 Å². The largest absolute Gasteiger partial charge is 0.388 e. The zero-order chi connectivity index (χ0) is 13.2. The first kappa shape index (κ1) is 11.9. The van der Waals surface area contributed by atoms with Crippen molar-refractivity contribution in [2.45, 2.75) is 12.1 Å². The summed E-state index contributed by atoms with van der Waals surface area (Å²) in [5, 5.41) is 19.2. The highest BCUT2D eigenvalue weighted by atomic mass is 16.5. The second-order valence-electron chi connectivity index (χ2n) is 4.32. The van der Waals surface area contributed by atoms with Crippen LogP contribution in [0.15, 0.2) is 18.5 Å². The number of hydrogen-bond acceptors (Lipinski definition) is 7. The minimum atomic E-state index is -0.550. The second kappa shape index (κ2) is 4.82. The van der Waals surface area contributed by atoms with Crippen LogP contribution in [0.5, 0.6) is 0 Å². The number of H-pyrrole nitrogens is 1. The summed E-state index contributed by atoms with van der Waals surface area (Å²) in [7, 11) is 0. The van der Waals surface area contributed by atoms with Gasteiger partial charge in [-0.05, 0) is 6.07 Å². The van der Waals surface area contributed by atoms with Gasteiger partial charge in [0, 0.05) is 6.20 Å². The maximum Gasteiger partial charge on any atom is 0.223 e. The molecular weight excluding hydrogens is 248 g/mol. The Morgan fingerprint density at radius 1 is 1.47 bits per heavy atom. The third kappa shape index (κ3) is 2.35. The van der Waals surface area contributed by atoms with Gasteiger partial charge < -0.3 is 20.9 Å². The molecule has 0 amide bonds. The van der Waals surface area contributed by atoms with E-state index in [0.29, 0.717) is 36.2 Å². The maximum atomic E-state index is 9.67. The van der Waals surface area contributed by atoms with Crippen LogP contribution in [0, 0.1) is 0 Å². The molecule has 8 nitrogen and oxygen atoms in total. The molecule has 3 rings (SSSR count). The standard InChI is InChI=1S/C11H14N6O2/c12-10-6(3-14-17-10)7-1-2-13-11(15-7)16-8-4-19-5-9(8)18/h1-3,8-9,18H,4-5H2,(H3,12,14,17)(H,13,15,16). The zero-order valence-corrected chi connectivity index (χ0v) is 10.1. The third-order valence-electron chi connectivity index (χ3n) is 2.97. The van der Waals surface area contributed by atoms with Crippen molar-refractivity contribution in [1.29, 1.82) is 0 Å². The molecule has 19 heavy (non-hydrogen) atoms. The van der Waals surface area contributed by atoms with Crippen molar-refractivity contribution in [2.75, 3.05) is 24.3 Å². The molecule has 1 aliphatic rings. The van der Waals surface area contributed by atoms with E-state index in [1.54, 1.807) is 18.5 Å². The topological polar surface area (TPSA) is 122 Å². The van der Waals surface area contributed by atoms with Gasteiger partial charge in [-0.1, -0.05) is 0 Å². The van der Waals surface area contributed by atoms with Crippen LogP contribution >= 0.6 is 0 Å². The first-order valence-corrected chi connectivity index (χ1v) is 5.88. The molecule has 2 atom stereocenters. The van der Waals surface area contributed by atoms with Crippen LogP contribution in [0.25, 0.3) is 11.3 Å². The molecule has 0 saturated carbocycles. The molecule has 1 fully saturated rings. The zero-order valence-electron chi connectivity index (χ0n) is 10.1. The molecule has 3 heterocycles. The fourth-order valence-electron chi connectivity index (χ4n) is 1.93. The second-order valence-corrected chi connectivity index (χ2v) is 4.32. The third-order valence-corrected chi connectivity index (χ3v) is 2.97. The minimum Gasteiger partial charge on any atom is -0.388 e. The molecule has 0 spiro atoms. The lowest BCUT2D eigenvalue weighted by molar-refractivity contribution is 0.125. The summed E-state index contributed by atoms with van der Waals surface area (Å²) in [6.45, 7) is 0.759. The summed E-state index contributed by atoms with van der Waals surface area (Å²) in [5.41, 5.74) is 7.13. The fourth-order valence-corrected chi connectivity index (χ4v) is 1.93. The number of aliphatic hydroxyl groups is 1. The average molecular weight is 262 g/mol. The molecule has 0 bridgehead atoms. The van der Waals surface area contributed by atoms with E-state index in [2.05, 4.69) is 25.5 Å². The van der Waals surface area contributed by atoms with Gasteiger partial charge >= 0.3 is 0 Å². The summed E-state index contributed by atoms with van der Waals surface area (Å²) in [6.07, 6.45) is 2.68. The smallest absolute Gasteiger partial charge is 0.223 e. The first-order valence-electron chi connectivity index (χ1n) is 5.88. The Labute approximate surface area is 109 Å². The number of aromatic amines is 1. The van der Waals surface area contributed by atoms with Crippen molar-refractivity contribution >= 4 is 11.8 Å². The Morgan fingerprint density at radius 3 is 3.05 bits per heavy atom. The normalized spacial score (nSPS) is 22.6. The molecule has 5 N–H and O–H groups in total. The van der Waals surface area contributed by atoms with Gasteiger partial charge in [0.25, 0.3) is 0 Å². The van der Waals surface area contributed by atoms with Gasteiger partial charge in [0.2, 0.25) is 5.95 Å². The Hall–Kier alpha value is -2.19. The number of hydrogen-bond donors (Lipinski definition) is 4. The molecule has 1 saturated heterocycles. The highest BCUT2D eigenvalue weighted by Gasteiger charge is 2.26. The van der Waals surface area contributed by atoms with Gasteiger partial charge in [0.05, 0.1) is 42.8 Å². The van der Waals surface area contributed by atoms with E-state index in [-0.39, 0.29) is 6.04 Å². The van der Waals surface area contributed by atoms with E-state index in [0.717, 1.165) is 0 Å². The maximum absolute atomic E-state index is 9.67. The number of ether oxygens (including phenoxy) is 1. The summed E-state index contributed by atoms with van der Waals surface area (Å²) < 4.78 is 5.16. The lowest BCUT2D eigenvalue weighted by atomic mass is 10.2. The number of anilines is 2. The van der Waals surface area contributed by atoms with E-state index in [1.807, 2.05) is 0 Å². The molecule has 2 aromatic heterocycles. The van der Waals surface area contributed by atoms with E-state index >= 15 is 0 Å². The number of aromatic nitrogens is 4. The highest BCUT2D eigenvalue weighted by Crippen LogP contribution is 2.22. The van der Waals surface area contributed by atoms with Crippen molar-refractivity contribution in [1.82, 2.24) is 20.2 Å². The van der Waals surface area contributed by atoms with E-state index in [4.69, 9.17) is 10.5 Å². The van der Waals surface area contributed by atoms with Crippen LogP contribution in [0.3, 0.4) is 0 Å². The van der Waals surface area contributed by atoms with E-state index in [9.17, 15) is 5.11 Å². The molecule has 0 aliphatic carbocycles. The van der Waals surface area contributed by atoms with Crippen LogP contribution < -0.4 is 11.1 Å². The SMILES string of the molecule is Nc1[nH]ncc1-c1ccnc(NC2COCC2O)n1. The van der Waals surface area contributed by atoms with Crippen LogP contribution in [0.4, 0.5) is 11.8 Å². The Bertz CT molecular complexity index is 572. The van der Waals surface area contributed by atoms with Crippen LogP contribution in [-0.4, -0.2) is 50.6 Å². The summed E-state index contributed by atoms with van der Waals surface area (Å²) in [5.74, 6) is 0.876. The number of nitrogens with zero attached hydrogens (tertiary/aromatic N) is 3. The van der Waals surface area contributed by atoms with Crippen molar-refractivity contribution in [3.05, 3.63) is 18.5 Å². The molecule has 1 aliphatic heterocycles. The Kier molecular flexibility index (Phi) is 3.02. The van der Waals surface area contributed by atoms with Crippen molar-refractivity contribution in [3.8, 4) is 11.3 Å². The van der Waals surface area contributed by atoms with Crippen molar-refractivity contribution < 1.29 is 9.84 Å². The monoisotopic (exact) mass is 262 g/mol. The van der Waals surface area contributed by atoms with Gasteiger partial charge in [-0.15, -0.1) is 0 Å². The number of rotatable bonds is 3. The lowest BCUT2D eigenvalue weighted by Crippen LogP contribution is -2.32. The van der Waals surface area contributed by atoms with Crippen molar-refractivity contribution in [2.24, 2.45) is 0 Å². The van der Waals surface area contributed by atoms with Crippen LogP contribution in [0.2, 0.25) is 0 Å². The Morgan fingerprint density at radius 2 is 2.37 bits per heavy atom. The molecule has 8 heteroatoms. The molecule has 0 radical (unpaired) electrons. The Balaban J connectivity index is 1.82.